The lowest BCUT2D eigenvalue weighted by atomic mass is 10.1. The summed E-state index contributed by atoms with van der Waals surface area (Å²) in [6, 6.07) is 7.90. The number of nitrogens with one attached hydrogen (secondary N) is 1. The molecule has 1 atom stereocenters. The van der Waals surface area contributed by atoms with E-state index in [1.54, 1.807) is 12.1 Å². The van der Waals surface area contributed by atoms with Gasteiger partial charge in [0.15, 0.2) is 5.96 Å². The van der Waals surface area contributed by atoms with Crippen LogP contribution in [0.1, 0.15) is 31.7 Å². The second-order valence-electron chi connectivity index (χ2n) is 5.85. The summed E-state index contributed by atoms with van der Waals surface area (Å²) in [6.45, 7) is 6.10. The van der Waals surface area contributed by atoms with E-state index < -0.39 is 0 Å². The molecule has 1 fully saturated rings. The molecule has 2 rings (SSSR count). The molecule has 1 aliphatic heterocycles. The van der Waals surface area contributed by atoms with E-state index in [1.165, 1.54) is 24.9 Å². The molecule has 6 heteroatoms. The van der Waals surface area contributed by atoms with Crippen molar-refractivity contribution in [3.05, 3.63) is 29.8 Å². The van der Waals surface area contributed by atoms with Crippen molar-refractivity contribution >= 4 is 29.9 Å². The smallest absolute Gasteiger partial charge is 0.188 e. The van der Waals surface area contributed by atoms with Crippen LogP contribution in [0.15, 0.2) is 29.3 Å². The van der Waals surface area contributed by atoms with Crippen LogP contribution in [0.3, 0.4) is 0 Å². The van der Waals surface area contributed by atoms with Crippen molar-refractivity contribution in [3.63, 3.8) is 0 Å². The number of guanidine groups is 1. The Morgan fingerprint density at radius 3 is 2.83 bits per heavy atom. The molecule has 1 saturated heterocycles. The summed E-state index contributed by atoms with van der Waals surface area (Å²) in [7, 11) is 0. The molecule has 0 saturated carbocycles. The highest BCUT2D eigenvalue weighted by Crippen LogP contribution is 2.16. The number of aryl methyl sites for hydroxylation is 1. The first kappa shape index (κ1) is 20.0. The van der Waals surface area contributed by atoms with E-state index in [4.69, 9.17) is 5.73 Å². The molecule has 0 spiro atoms. The summed E-state index contributed by atoms with van der Waals surface area (Å²) in [4.78, 5) is 6.94. The van der Waals surface area contributed by atoms with E-state index in [-0.39, 0.29) is 24.0 Å². The Bertz CT molecular complexity index is 478. The van der Waals surface area contributed by atoms with Gasteiger partial charge in [0.25, 0.3) is 0 Å². The van der Waals surface area contributed by atoms with Crippen molar-refractivity contribution < 1.29 is 5.11 Å². The molecule has 130 valence electrons. The first-order valence-electron chi connectivity index (χ1n) is 8.24. The van der Waals surface area contributed by atoms with Crippen LogP contribution in [-0.4, -0.2) is 48.2 Å². The Morgan fingerprint density at radius 1 is 1.39 bits per heavy atom. The quantitative estimate of drug-likeness (QED) is 0.268. The molecule has 1 heterocycles. The third-order valence-corrected chi connectivity index (χ3v) is 4.26. The van der Waals surface area contributed by atoms with Crippen LogP contribution >= 0.6 is 24.0 Å². The van der Waals surface area contributed by atoms with Crippen LogP contribution in [0.25, 0.3) is 0 Å². The molecule has 0 aromatic heterocycles. The Morgan fingerprint density at radius 2 is 2.13 bits per heavy atom. The van der Waals surface area contributed by atoms with Gasteiger partial charge in [-0.2, -0.15) is 0 Å². The fourth-order valence-electron chi connectivity index (χ4n) is 2.95. The monoisotopic (exact) mass is 432 g/mol. The van der Waals surface area contributed by atoms with Gasteiger partial charge in [-0.05, 0) is 56.5 Å². The Balaban J connectivity index is 0.00000264. The van der Waals surface area contributed by atoms with Crippen molar-refractivity contribution in [2.75, 3.05) is 26.2 Å². The molecule has 1 unspecified atom stereocenters. The second kappa shape index (κ2) is 10.7. The average Bonchev–Trinajstić information content (AvgIpc) is 2.99. The molecule has 1 aromatic carbocycles. The molecule has 0 amide bonds. The van der Waals surface area contributed by atoms with Crippen LogP contribution in [0.2, 0.25) is 0 Å². The zero-order valence-electron chi connectivity index (χ0n) is 13.9. The Hall–Kier alpha value is -1.02. The van der Waals surface area contributed by atoms with Gasteiger partial charge in [0.05, 0.1) is 6.54 Å². The second-order valence-corrected chi connectivity index (χ2v) is 5.85. The van der Waals surface area contributed by atoms with Crippen molar-refractivity contribution in [2.24, 2.45) is 10.7 Å². The number of likely N-dealkylation sites (N-methyl/N-ethyl adjacent to an activating group) is 1. The number of rotatable bonds is 7. The summed E-state index contributed by atoms with van der Waals surface area (Å²) in [5, 5.41) is 12.4. The van der Waals surface area contributed by atoms with Gasteiger partial charge >= 0.3 is 0 Å². The SMILES string of the molecule is CCN1CCCC1CN=C(N)NCCCc1ccc(O)cc1.I. The topological polar surface area (TPSA) is 73.9 Å². The predicted octanol–water partition coefficient (Wildman–Crippen LogP) is 2.33. The van der Waals surface area contributed by atoms with Crippen molar-refractivity contribution in [1.82, 2.24) is 10.2 Å². The van der Waals surface area contributed by atoms with E-state index in [0.717, 1.165) is 32.5 Å². The molecule has 4 N–H and O–H groups in total. The third-order valence-electron chi connectivity index (χ3n) is 4.26. The van der Waals surface area contributed by atoms with E-state index in [0.29, 0.717) is 17.8 Å². The van der Waals surface area contributed by atoms with E-state index in [1.807, 2.05) is 12.1 Å². The molecule has 1 aromatic rings. The molecular weight excluding hydrogens is 403 g/mol. The number of halogens is 1. The Kier molecular flexibility index (Phi) is 9.31. The molecule has 1 aliphatic rings. The molecular formula is C17H29IN4O. The van der Waals surface area contributed by atoms with Gasteiger partial charge < -0.3 is 16.2 Å². The minimum absolute atomic E-state index is 0. The number of likely N-dealkylation sites (tertiary alicyclic amines) is 1. The highest BCUT2D eigenvalue weighted by atomic mass is 127. The van der Waals surface area contributed by atoms with Crippen LogP contribution in [0.5, 0.6) is 5.75 Å². The highest BCUT2D eigenvalue weighted by molar-refractivity contribution is 14.0. The summed E-state index contributed by atoms with van der Waals surface area (Å²) in [5.41, 5.74) is 7.15. The largest absolute Gasteiger partial charge is 0.508 e. The summed E-state index contributed by atoms with van der Waals surface area (Å²) >= 11 is 0. The summed E-state index contributed by atoms with van der Waals surface area (Å²) in [6.07, 6.45) is 4.46. The maximum atomic E-state index is 9.24. The number of benzene rings is 1. The number of aromatic hydroxyl groups is 1. The van der Waals surface area contributed by atoms with Gasteiger partial charge in [-0.3, -0.25) is 9.89 Å². The molecule has 5 nitrogen and oxygen atoms in total. The van der Waals surface area contributed by atoms with Gasteiger partial charge in [-0.25, -0.2) is 0 Å². The summed E-state index contributed by atoms with van der Waals surface area (Å²) in [5.74, 6) is 0.861. The fraction of sp³-hybridized carbons (Fsp3) is 0.588. The van der Waals surface area contributed by atoms with E-state index >= 15 is 0 Å². The molecule has 0 bridgehead atoms. The van der Waals surface area contributed by atoms with Crippen LogP contribution in [0, 0.1) is 0 Å². The number of hydrogen-bond donors (Lipinski definition) is 3. The lowest BCUT2D eigenvalue weighted by Crippen LogP contribution is -2.36. The van der Waals surface area contributed by atoms with Gasteiger partial charge in [-0.15, -0.1) is 24.0 Å². The number of phenolic OH excluding ortho intramolecular Hbond substituents is 1. The van der Waals surface area contributed by atoms with E-state index in [9.17, 15) is 5.11 Å². The van der Waals surface area contributed by atoms with Gasteiger partial charge in [0.2, 0.25) is 0 Å². The normalized spacial score (nSPS) is 18.7. The number of nitrogens with two attached hydrogens (primary N) is 1. The fourth-order valence-corrected chi connectivity index (χ4v) is 2.95. The number of nitrogens with zero attached hydrogens (tertiary/aromatic N) is 2. The zero-order chi connectivity index (χ0) is 15.8. The molecule has 0 aliphatic carbocycles. The minimum Gasteiger partial charge on any atom is -0.508 e. The average molecular weight is 432 g/mol. The maximum absolute atomic E-state index is 9.24. The van der Waals surface area contributed by atoms with Crippen molar-refractivity contribution in [2.45, 2.75) is 38.6 Å². The highest BCUT2D eigenvalue weighted by Gasteiger charge is 2.22. The standard InChI is InChI=1S/C17H28N4O.HI/c1-2-21-12-4-6-15(21)13-20-17(18)19-11-3-5-14-7-9-16(22)10-8-14;/h7-10,15,22H,2-6,11-13H2,1H3,(H3,18,19,20);1H. The van der Waals surface area contributed by atoms with Gasteiger partial charge in [0, 0.05) is 12.6 Å². The lowest BCUT2D eigenvalue weighted by molar-refractivity contribution is 0.273. The van der Waals surface area contributed by atoms with Crippen molar-refractivity contribution in [3.8, 4) is 5.75 Å². The third kappa shape index (κ3) is 6.95. The van der Waals surface area contributed by atoms with Crippen LogP contribution < -0.4 is 11.1 Å². The number of aliphatic imine (C=N–C) groups is 1. The molecule has 23 heavy (non-hydrogen) atoms. The van der Waals surface area contributed by atoms with Gasteiger partial charge in [-0.1, -0.05) is 19.1 Å². The van der Waals surface area contributed by atoms with Crippen molar-refractivity contribution in [1.29, 1.82) is 0 Å². The first-order valence-corrected chi connectivity index (χ1v) is 8.24. The van der Waals surface area contributed by atoms with Crippen LogP contribution in [0.4, 0.5) is 0 Å². The predicted molar refractivity (Wildman–Crippen MR) is 107 cm³/mol. The number of hydrogen-bond acceptors (Lipinski definition) is 3. The minimum atomic E-state index is 0. The number of phenols is 1. The Labute approximate surface area is 156 Å². The van der Waals surface area contributed by atoms with Gasteiger partial charge in [0.1, 0.15) is 5.75 Å². The van der Waals surface area contributed by atoms with Crippen LogP contribution in [-0.2, 0) is 6.42 Å². The van der Waals surface area contributed by atoms with E-state index in [2.05, 4.69) is 22.1 Å². The zero-order valence-corrected chi connectivity index (χ0v) is 16.2. The maximum Gasteiger partial charge on any atom is 0.188 e. The summed E-state index contributed by atoms with van der Waals surface area (Å²) < 4.78 is 0. The molecule has 0 radical (unpaired) electrons. The lowest BCUT2D eigenvalue weighted by Gasteiger charge is -2.20. The first-order chi connectivity index (χ1) is 10.7.